The summed E-state index contributed by atoms with van der Waals surface area (Å²) >= 11 is 6.34. The van der Waals surface area contributed by atoms with E-state index in [4.69, 9.17) is 31.4 Å². The summed E-state index contributed by atoms with van der Waals surface area (Å²) in [5, 5.41) is 8.31. The molecule has 1 aliphatic rings. The van der Waals surface area contributed by atoms with Crippen molar-refractivity contribution in [3.05, 3.63) is 119 Å². The third kappa shape index (κ3) is 4.52. The summed E-state index contributed by atoms with van der Waals surface area (Å²) in [6.07, 6.45) is 0.612. The molecule has 1 atom stereocenters. The standard InChI is InChI=1S/C30H22ClFN4O/c1-37-24-14-9-19(10-15-24)27-18-28(20-7-12-23(32)13-8-20)36(35-27)30-33-26-16-11-22(31)17-25(26)29(34-30)21-5-3-2-4-6-21/h2-17,28H,18H2,1H3/t28-/m1/s1. The Kier molecular flexibility index (Phi) is 6.02. The van der Waals surface area contributed by atoms with E-state index in [0.717, 1.165) is 44.7 Å². The van der Waals surface area contributed by atoms with Gasteiger partial charge in [-0.05, 0) is 65.7 Å². The summed E-state index contributed by atoms with van der Waals surface area (Å²) in [5.74, 6) is 0.958. The quantitative estimate of drug-likeness (QED) is 0.247. The number of aromatic nitrogens is 2. The summed E-state index contributed by atoms with van der Waals surface area (Å²) in [5.41, 5.74) is 5.28. The summed E-state index contributed by atoms with van der Waals surface area (Å²) in [4.78, 5) is 9.89. The first-order valence-corrected chi connectivity index (χ1v) is 12.3. The Balaban J connectivity index is 1.52. The molecule has 2 heterocycles. The van der Waals surface area contributed by atoms with Crippen LogP contribution in [0.25, 0.3) is 22.2 Å². The third-order valence-electron chi connectivity index (χ3n) is 6.49. The molecule has 5 aromatic rings. The predicted octanol–water partition coefficient (Wildman–Crippen LogP) is 7.45. The van der Waals surface area contributed by atoms with Gasteiger partial charge in [0.05, 0.1) is 30.1 Å². The van der Waals surface area contributed by atoms with Crippen molar-refractivity contribution >= 4 is 34.2 Å². The molecule has 0 aliphatic carbocycles. The fourth-order valence-corrected chi connectivity index (χ4v) is 4.78. The van der Waals surface area contributed by atoms with Crippen LogP contribution < -0.4 is 9.75 Å². The van der Waals surface area contributed by atoms with Crippen molar-refractivity contribution in [3.8, 4) is 17.0 Å². The first kappa shape index (κ1) is 23.1. The van der Waals surface area contributed by atoms with Gasteiger partial charge in [0.15, 0.2) is 0 Å². The van der Waals surface area contributed by atoms with Gasteiger partial charge in [0.1, 0.15) is 11.6 Å². The van der Waals surface area contributed by atoms with Crippen LogP contribution >= 0.6 is 11.6 Å². The third-order valence-corrected chi connectivity index (χ3v) is 6.72. The second-order valence-corrected chi connectivity index (χ2v) is 9.23. The molecule has 4 aromatic carbocycles. The normalized spacial score (nSPS) is 15.2. The van der Waals surface area contributed by atoms with Crippen LogP contribution in [0.5, 0.6) is 5.75 Å². The van der Waals surface area contributed by atoms with Gasteiger partial charge in [-0.1, -0.05) is 54.1 Å². The number of halogens is 2. The maximum Gasteiger partial charge on any atom is 0.247 e. The number of hydrogen-bond donors (Lipinski definition) is 0. The molecule has 1 aromatic heterocycles. The van der Waals surface area contributed by atoms with Gasteiger partial charge in [0.25, 0.3) is 0 Å². The van der Waals surface area contributed by atoms with Crippen molar-refractivity contribution in [2.45, 2.75) is 12.5 Å². The van der Waals surface area contributed by atoms with Crippen LogP contribution in [0.4, 0.5) is 10.3 Å². The van der Waals surface area contributed by atoms with Gasteiger partial charge >= 0.3 is 0 Å². The number of fused-ring (bicyclic) bond motifs is 1. The van der Waals surface area contributed by atoms with Crippen molar-refractivity contribution in [2.24, 2.45) is 5.10 Å². The molecule has 0 unspecified atom stereocenters. The largest absolute Gasteiger partial charge is 0.497 e. The number of rotatable bonds is 5. The molecule has 1 aliphatic heterocycles. The maximum absolute atomic E-state index is 13.8. The smallest absolute Gasteiger partial charge is 0.247 e. The highest BCUT2D eigenvalue weighted by molar-refractivity contribution is 6.31. The summed E-state index contributed by atoms with van der Waals surface area (Å²) in [7, 11) is 1.64. The Hall–Kier alpha value is -4.29. The highest BCUT2D eigenvalue weighted by Gasteiger charge is 2.32. The van der Waals surface area contributed by atoms with Crippen LogP contribution in [0.15, 0.2) is 102 Å². The molecule has 0 bridgehead atoms. The average molecular weight is 509 g/mol. The second-order valence-electron chi connectivity index (χ2n) is 8.79. The number of ether oxygens (including phenoxy) is 1. The summed E-state index contributed by atoms with van der Waals surface area (Å²) in [6, 6.07) is 29.7. The van der Waals surface area contributed by atoms with E-state index in [0.29, 0.717) is 17.4 Å². The van der Waals surface area contributed by atoms with Gasteiger partial charge in [-0.2, -0.15) is 5.10 Å². The SMILES string of the molecule is COc1ccc(C2=NN(c3nc(-c4ccccc4)c4cc(Cl)ccc4n3)[C@@H](c3ccc(F)cc3)C2)cc1. The van der Waals surface area contributed by atoms with E-state index < -0.39 is 0 Å². The first-order chi connectivity index (χ1) is 18.1. The zero-order chi connectivity index (χ0) is 25.4. The molecular formula is C30H22ClFN4O. The van der Waals surface area contributed by atoms with Crippen LogP contribution in [0, 0.1) is 5.82 Å². The van der Waals surface area contributed by atoms with Crippen LogP contribution in [0.3, 0.4) is 0 Å². The first-order valence-electron chi connectivity index (χ1n) is 11.9. The number of methoxy groups -OCH3 is 1. The predicted molar refractivity (Wildman–Crippen MR) is 146 cm³/mol. The molecule has 0 spiro atoms. The number of hydrogen-bond acceptors (Lipinski definition) is 5. The minimum atomic E-state index is -0.283. The number of hydrazone groups is 1. The molecule has 7 heteroatoms. The zero-order valence-corrected chi connectivity index (χ0v) is 20.7. The van der Waals surface area contributed by atoms with Crippen molar-refractivity contribution in [3.63, 3.8) is 0 Å². The van der Waals surface area contributed by atoms with Gasteiger partial charge in [-0.3, -0.25) is 0 Å². The Morgan fingerprint density at radius 2 is 1.62 bits per heavy atom. The minimum Gasteiger partial charge on any atom is -0.497 e. The monoisotopic (exact) mass is 508 g/mol. The van der Waals surface area contributed by atoms with E-state index in [1.54, 1.807) is 19.2 Å². The Bertz CT molecular complexity index is 1610. The highest BCUT2D eigenvalue weighted by Crippen LogP contribution is 2.38. The summed E-state index contributed by atoms with van der Waals surface area (Å²) in [6.45, 7) is 0. The van der Waals surface area contributed by atoms with Crippen molar-refractivity contribution < 1.29 is 9.13 Å². The van der Waals surface area contributed by atoms with Crippen LogP contribution in [0.2, 0.25) is 5.02 Å². The number of benzene rings is 4. The van der Waals surface area contributed by atoms with Gasteiger partial charge in [-0.15, -0.1) is 0 Å². The van der Waals surface area contributed by atoms with E-state index in [1.165, 1.54) is 12.1 Å². The molecule has 5 nitrogen and oxygen atoms in total. The molecule has 37 heavy (non-hydrogen) atoms. The fraction of sp³-hybridized carbons (Fsp3) is 0.100. The van der Waals surface area contributed by atoms with Gasteiger partial charge < -0.3 is 4.74 Å². The Labute approximate surface area is 218 Å². The zero-order valence-electron chi connectivity index (χ0n) is 20.0. The number of nitrogens with zero attached hydrogens (tertiary/aromatic N) is 4. The molecule has 182 valence electrons. The molecule has 0 saturated carbocycles. The molecule has 0 saturated heterocycles. The van der Waals surface area contributed by atoms with E-state index in [9.17, 15) is 4.39 Å². The van der Waals surface area contributed by atoms with Crippen molar-refractivity contribution in [1.29, 1.82) is 0 Å². The molecule has 0 amide bonds. The molecule has 6 rings (SSSR count). The molecule has 0 N–H and O–H groups in total. The fourth-order valence-electron chi connectivity index (χ4n) is 4.60. The lowest BCUT2D eigenvalue weighted by Crippen LogP contribution is -2.21. The average Bonchev–Trinajstić information content (AvgIpc) is 3.39. The highest BCUT2D eigenvalue weighted by atomic mass is 35.5. The van der Waals surface area contributed by atoms with E-state index >= 15 is 0 Å². The van der Waals surface area contributed by atoms with Gasteiger partial charge in [0.2, 0.25) is 5.95 Å². The van der Waals surface area contributed by atoms with Crippen molar-refractivity contribution in [2.75, 3.05) is 12.1 Å². The van der Waals surface area contributed by atoms with E-state index in [-0.39, 0.29) is 11.9 Å². The minimum absolute atomic E-state index is 0.203. The van der Waals surface area contributed by atoms with Crippen LogP contribution in [0.1, 0.15) is 23.6 Å². The lowest BCUT2D eigenvalue weighted by Gasteiger charge is -2.23. The van der Waals surface area contributed by atoms with Crippen LogP contribution in [-0.4, -0.2) is 22.8 Å². The van der Waals surface area contributed by atoms with E-state index in [2.05, 4.69) is 0 Å². The van der Waals surface area contributed by atoms with Crippen molar-refractivity contribution in [1.82, 2.24) is 9.97 Å². The summed E-state index contributed by atoms with van der Waals surface area (Å²) < 4.78 is 19.1. The Morgan fingerprint density at radius 3 is 2.35 bits per heavy atom. The second kappa shape index (κ2) is 9.64. The van der Waals surface area contributed by atoms with Gasteiger partial charge in [-0.25, -0.2) is 19.4 Å². The maximum atomic E-state index is 13.8. The van der Waals surface area contributed by atoms with Gasteiger partial charge in [0, 0.05) is 22.4 Å². The van der Waals surface area contributed by atoms with Crippen LogP contribution in [-0.2, 0) is 0 Å². The number of anilines is 1. The lowest BCUT2D eigenvalue weighted by atomic mass is 9.98. The Morgan fingerprint density at radius 1 is 0.865 bits per heavy atom. The molecule has 0 radical (unpaired) electrons. The van der Waals surface area contributed by atoms with E-state index in [1.807, 2.05) is 77.8 Å². The molecular weight excluding hydrogens is 487 g/mol. The lowest BCUT2D eigenvalue weighted by molar-refractivity contribution is 0.415. The topological polar surface area (TPSA) is 50.6 Å². The molecule has 0 fully saturated rings.